The molecule has 0 aliphatic heterocycles. The van der Waals surface area contributed by atoms with Gasteiger partial charge >= 0.3 is 6.18 Å². The van der Waals surface area contributed by atoms with Gasteiger partial charge in [-0.15, -0.1) is 0 Å². The number of hydrogen-bond donors (Lipinski definition) is 3. The standard InChI is InChI=1S/C17H13F3N4O/c18-17(19,20)12-2-1-3-15(8-12)23-10-11(9-21)16(25)24-14-6-4-13(22)5-7-14/h1-8,10,23H,22H2,(H,24,25)/b11-10-. The summed E-state index contributed by atoms with van der Waals surface area (Å²) in [6.07, 6.45) is -3.44. The molecule has 2 aromatic rings. The zero-order valence-corrected chi connectivity index (χ0v) is 12.8. The fraction of sp³-hybridized carbons (Fsp3) is 0.0588. The second kappa shape index (κ2) is 7.40. The van der Waals surface area contributed by atoms with Crippen molar-refractivity contribution in [2.45, 2.75) is 6.18 Å². The maximum Gasteiger partial charge on any atom is 0.416 e. The lowest BCUT2D eigenvalue weighted by Crippen LogP contribution is -2.14. The van der Waals surface area contributed by atoms with Crippen LogP contribution in [0, 0.1) is 11.3 Å². The molecule has 25 heavy (non-hydrogen) atoms. The van der Waals surface area contributed by atoms with Crippen molar-refractivity contribution in [3.63, 3.8) is 0 Å². The van der Waals surface area contributed by atoms with Crippen molar-refractivity contribution >= 4 is 23.0 Å². The first-order chi connectivity index (χ1) is 11.8. The van der Waals surface area contributed by atoms with Crippen molar-refractivity contribution in [3.8, 4) is 6.07 Å². The first-order valence-corrected chi connectivity index (χ1v) is 7.00. The van der Waals surface area contributed by atoms with Crippen LogP contribution in [0.3, 0.4) is 0 Å². The third-order valence-electron chi connectivity index (χ3n) is 3.11. The van der Waals surface area contributed by atoms with Gasteiger partial charge < -0.3 is 16.4 Å². The highest BCUT2D eigenvalue weighted by molar-refractivity contribution is 6.06. The summed E-state index contributed by atoms with van der Waals surface area (Å²) in [6, 6.07) is 12.4. The summed E-state index contributed by atoms with van der Waals surface area (Å²) in [6.45, 7) is 0. The smallest absolute Gasteiger partial charge is 0.399 e. The predicted octanol–water partition coefficient (Wildman–Crippen LogP) is 3.75. The van der Waals surface area contributed by atoms with Gasteiger partial charge in [-0.1, -0.05) is 6.07 Å². The van der Waals surface area contributed by atoms with E-state index in [2.05, 4.69) is 10.6 Å². The first kappa shape index (κ1) is 17.9. The van der Waals surface area contributed by atoms with Gasteiger partial charge in [-0.05, 0) is 42.5 Å². The normalized spacial score (nSPS) is 11.5. The molecule has 4 N–H and O–H groups in total. The quantitative estimate of drug-likeness (QED) is 0.447. The Kier molecular flexibility index (Phi) is 5.29. The number of nitrogen functional groups attached to an aromatic ring is 1. The van der Waals surface area contributed by atoms with Crippen LogP contribution in [0.2, 0.25) is 0 Å². The summed E-state index contributed by atoms with van der Waals surface area (Å²) in [4.78, 5) is 12.0. The van der Waals surface area contributed by atoms with E-state index < -0.39 is 17.6 Å². The highest BCUT2D eigenvalue weighted by Gasteiger charge is 2.30. The van der Waals surface area contributed by atoms with Gasteiger partial charge in [0.25, 0.3) is 5.91 Å². The fourth-order valence-electron chi connectivity index (χ4n) is 1.85. The number of nitriles is 1. The Bertz CT molecular complexity index is 836. The van der Waals surface area contributed by atoms with Gasteiger partial charge in [0.15, 0.2) is 0 Å². The van der Waals surface area contributed by atoms with Crippen molar-refractivity contribution < 1.29 is 18.0 Å². The van der Waals surface area contributed by atoms with Gasteiger partial charge in [0, 0.05) is 23.3 Å². The lowest BCUT2D eigenvalue weighted by atomic mass is 10.2. The number of nitrogens with zero attached hydrogens (tertiary/aromatic N) is 1. The summed E-state index contributed by atoms with van der Waals surface area (Å²) in [5, 5.41) is 14.1. The molecule has 0 fully saturated rings. The Labute approximate surface area is 141 Å². The van der Waals surface area contributed by atoms with E-state index in [-0.39, 0.29) is 11.3 Å². The van der Waals surface area contributed by atoms with Crippen LogP contribution in [0.4, 0.5) is 30.2 Å². The Morgan fingerprint density at radius 3 is 2.40 bits per heavy atom. The molecule has 5 nitrogen and oxygen atoms in total. The number of rotatable bonds is 4. The van der Waals surface area contributed by atoms with E-state index in [1.807, 2.05) is 0 Å². The Balaban J connectivity index is 2.11. The number of nitrogens with one attached hydrogen (secondary N) is 2. The topological polar surface area (TPSA) is 90.9 Å². The number of hydrogen-bond acceptors (Lipinski definition) is 4. The number of benzene rings is 2. The number of anilines is 3. The molecular formula is C17H13F3N4O. The van der Waals surface area contributed by atoms with Crippen LogP contribution >= 0.6 is 0 Å². The molecular weight excluding hydrogens is 333 g/mol. The van der Waals surface area contributed by atoms with E-state index in [0.29, 0.717) is 11.4 Å². The van der Waals surface area contributed by atoms with Gasteiger partial charge in [-0.2, -0.15) is 18.4 Å². The molecule has 0 aliphatic carbocycles. The number of nitrogens with two attached hydrogens (primary N) is 1. The average Bonchev–Trinajstić information content (AvgIpc) is 2.57. The summed E-state index contributed by atoms with van der Waals surface area (Å²) >= 11 is 0. The third-order valence-corrected chi connectivity index (χ3v) is 3.11. The van der Waals surface area contributed by atoms with Crippen LogP contribution < -0.4 is 16.4 Å². The monoisotopic (exact) mass is 346 g/mol. The molecule has 0 bridgehead atoms. The van der Waals surface area contributed by atoms with E-state index in [9.17, 15) is 18.0 Å². The Morgan fingerprint density at radius 1 is 1.12 bits per heavy atom. The molecule has 0 spiro atoms. The molecule has 0 heterocycles. The summed E-state index contributed by atoms with van der Waals surface area (Å²) in [5.74, 6) is -0.702. The van der Waals surface area contributed by atoms with Crippen LogP contribution in [0.15, 0.2) is 60.3 Å². The van der Waals surface area contributed by atoms with Crippen LogP contribution in [0.5, 0.6) is 0 Å². The van der Waals surface area contributed by atoms with Crippen LogP contribution in [0.1, 0.15) is 5.56 Å². The zero-order chi connectivity index (χ0) is 18.4. The molecule has 0 radical (unpaired) electrons. The maximum absolute atomic E-state index is 12.7. The van der Waals surface area contributed by atoms with Crippen LogP contribution in [0.25, 0.3) is 0 Å². The molecule has 0 aromatic heterocycles. The molecule has 128 valence electrons. The van der Waals surface area contributed by atoms with Gasteiger partial charge in [0.1, 0.15) is 11.6 Å². The molecule has 0 saturated heterocycles. The SMILES string of the molecule is N#C/C(=C/Nc1cccc(C(F)(F)F)c1)C(=O)Nc1ccc(N)cc1. The maximum atomic E-state index is 12.7. The second-order valence-electron chi connectivity index (χ2n) is 4.97. The minimum atomic E-state index is -4.48. The number of carbonyl (C=O) groups is 1. The van der Waals surface area contributed by atoms with Crippen molar-refractivity contribution in [3.05, 3.63) is 65.9 Å². The van der Waals surface area contributed by atoms with Crippen molar-refractivity contribution in [2.24, 2.45) is 0 Å². The Morgan fingerprint density at radius 2 is 1.80 bits per heavy atom. The summed E-state index contributed by atoms with van der Waals surface area (Å²) in [5.41, 5.74) is 5.44. The zero-order valence-electron chi connectivity index (χ0n) is 12.8. The molecule has 0 saturated carbocycles. The molecule has 0 atom stereocenters. The molecule has 0 aliphatic rings. The van der Waals surface area contributed by atoms with Gasteiger partial charge in [0.2, 0.25) is 0 Å². The number of amides is 1. The van der Waals surface area contributed by atoms with Crippen LogP contribution in [-0.4, -0.2) is 5.91 Å². The average molecular weight is 346 g/mol. The minimum absolute atomic E-state index is 0.0999. The minimum Gasteiger partial charge on any atom is -0.399 e. The second-order valence-corrected chi connectivity index (χ2v) is 4.97. The number of halogens is 3. The van der Waals surface area contributed by atoms with Gasteiger partial charge in [-0.3, -0.25) is 4.79 Å². The summed E-state index contributed by atoms with van der Waals surface area (Å²) in [7, 11) is 0. The van der Waals surface area contributed by atoms with E-state index in [0.717, 1.165) is 18.3 Å². The fourth-order valence-corrected chi connectivity index (χ4v) is 1.85. The lowest BCUT2D eigenvalue weighted by Gasteiger charge is -2.09. The predicted molar refractivity (Wildman–Crippen MR) is 88.2 cm³/mol. The van der Waals surface area contributed by atoms with E-state index in [1.165, 1.54) is 12.1 Å². The number of carbonyl (C=O) groups excluding carboxylic acids is 1. The van der Waals surface area contributed by atoms with Crippen molar-refractivity contribution in [1.29, 1.82) is 5.26 Å². The van der Waals surface area contributed by atoms with Crippen molar-refractivity contribution in [1.82, 2.24) is 0 Å². The number of alkyl halides is 3. The Hall–Kier alpha value is -3.47. The van der Waals surface area contributed by atoms with E-state index >= 15 is 0 Å². The van der Waals surface area contributed by atoms with Crippen molar-refractivity contribution in [2.75, 3.05) is 16.4 Å². The highest BCUT2D eigenvalue weighted by Crippen LogP contribution is 2.30. The third kappa shape index (κ3) is 5.00. The first-order valence-electron chi connectivity index (χ1n) is 7.00. The highest BCUT2D eigenvalue weighted by atomic mass is 19.4. The molecule has 2 aromatic carbocycles. The lowest BCUT2D eigenvalue weighted by molar-refractivity contribution is -0.137. The molecule has 0 unspecified atom stereocenters. The van der Waals surface area contributed by atoms with E-state index in [1.54, 1.807) is 30.3 Å². The van der Waals surface area contributed by atoms with E-state index in [4.69, 9.17) is 11.0 Å². The molecule has 2 rings (SSSR count). The van der Waals surface area contributed by atoms with Crippen LogP contribution in [-0.2, 0) is 11.0 Å². The van der Waals surface area contributed by atoms with Gasteiger partial charge in [-0.25, -0.2) is 0 Å². The largest absolute Gasteiger partial charge is 0.416 e. The summed E-state index contributed by atoms with van der Waals surface area (Å²) < 4.78 is 38.0. The molecule has 1 amide bonds. The van der Waals surface area contributed by atoms with Gasteiger partial charge in [0.05, 0.1) is 5.56 Å². The molecule has 8 heteroatoms.